The molecule has 0 spiro atoms. The van der Waals surface area contributed by atoms with E-state index in [0.29, 0.717) is 16.1 Å². The van der Waals surface area contributed by atoms with Crippen molar-refractivity contribution in [2.24, 2.45) is 0 Å². The van der Waals surface area contributed by atoms with Gasteiger partial charge in [0.25, 0.3) is 5.69 Å². The molecule has 0 aliphatic heterocycles. The minimum absolute atomic E-state index is 0.0655. The number of nitro benzene ring substituents is 1. The normalized spacial score (nSPS) is 10.0. The largest absolute Gasteiger partial charge is 0.493 e. The average molecular weight is 325 g/mol. The molecule has 1 aromatic carbocycles. The smallest absolute Gasteiger partial charge is 0.273 e. The molecular formula is C12H9BrN2O4. The quantitative estimate of drug-likeness (QED) is 0.635. The van der Waals surface area contributed by atoms with Crippen LogP contribution in [0.25, 0.3) is 0 Å². The number of halogens is 1. The van der Waals surface area contributed by atoms with Gasteiger partial charge in [-0.3, -0.25) is 10.1 Å². The summed E-state index contributed by atoms with van der Waals surface area (Å²) in [6.07, 6.45) is 1.58. The first-order chi connectivity index (χ1) is 9.11. The molecule has 0 fully saturated rings. The van der Waals surface area contributed by atoms with E-state index in [1.807, 2.05) is 0 Å². The number of rotatable bonds is 4. The minimum Gasteiger partial charge on any atom is -0.493 e. The monoisotopic (exact) mass is 324 g/mol. The number of hydrogen-bond donors (Lipinski definition) is 0. The van der Waals surface area contributed by atoms with Crippen LogP contribution in [0, 0.1) is 10.1 Å². The van der Waals surface area contributed by atoms with Gasteiger partial charge in [0.05, 0.1) is 22.6 Å². The lowest BCUT2D eigenvalue weighted by Crippen LogP contribution is -1.95. The summed E-state index contributed by atoms with van der Waals surface area (Å²) >= 11 is 3.30. The number of methoxy groups -OCH3 is 1. The predicted octanol–water partition coefficient (Wildman–Crippen LogP) is 3.55. The molecule has 1 heterocycles. The van der Waals surface area contributed by atoms with Crippen LogP contribution in [-0.4, -0.2) is 17.0 Å². The van der Waals surface area contributed by atoms with Gasteiger partial charge in [0.1, 0.15) is 0 Å². The molecule has 1 aromatic heterocycles. The van der Waals surface area contributed by atoms with Crippen molar-refractivity contribution in [3.05, 3.63) is 51.1 Å². The van der Waals surface area contributed by atoms with Crippen LogP contribution in [0.5, 0.6) is 17.4 Å². The molecule has 0 radical (unpaired) electrons. The van der Waals surface area contributed by atoms with Crippen LogP contribution in [0.2, 0.25) is 0 Å². The number of non-ortho nitro benzene ring substituents is 1. The first-order valence-corrected chi connectivity index (χ1v) is 6.02. The van der Waals surface area contributed by atoms with Gasteiger partial charge in [-0.25, -0.2) is 4.98 Å². The van der Waals surface area contributed by atoms with Crippen molar-refractivity contribution >= 4 is 21.6 Å². The summed E-state index contributed by atoms with van der Waals surface area (Å²) in [4.78, 5) is 14.2. The van der Waals surface area contributed by atoms with Crippen molar-refractivity contribution < 1.29 is 14.4 Å². The summed E-state index contributed by atoms with van der Waals surface area (Å²) in [7, 11) is 1.42. The van der Waals surface area contributed by atoms with Gasteiger partial charge >= 0.3 is 0 Å². The molecule has 0 N–H and O–H groups in total. The van der Waals surface area contributed by atoms with Crippen LogP contribution in [-0.2, 0) is 0 Å². The number of hydrogen-bond acceptors (Lipinski definition) is 5. The van der Waals surface area contributed by atoms with Crippen molar-refractivity contribution in [2.75, 3.05) is 7.11 Å². The van der Waals surface area contributed by atoms with Crippen molar-refractivity contribution in [3.63, 3.8) is 0 Å². The van der Waals surface area contributed by atoms with Gasteiger partial charge in [-0.15, -0.1) is 0 Å². The third-order valence-corrected chi connectivity index (χ3v) is 2.89. The third-order valence-electron chi connectivity index (χ3n) is 2.29. The summed E-state index contributed by atoms with van der Waals surface area (Å²) in [5.74, 6) is 0.980. The van der Waals surface area contributed by atoms with Gasteiger partial charge in [-0.2, -0.15) is 0 Å². The fourth-order valence-corrected chi connectivity index (χ4v) is 1.74. The molecule has 19 heavy (non-hydrogen) atoms. The molecule has 2 aromatic rings. The van der Waals surface area contributed by atoms with Gasteiger partial charge in [-0.05, 0) is 34.1 Å². The van der Waals surface area contributed by atoms with Crippen LogP contribution in [0.15, 0.2) is 41.0 Å². The summed E-state index contributed by atoms with van der Waals surface area (Å²) in [6.45, 7) is 0. The first kappa shape index (κ1) is 13.3. The number of aromatic nitrogens is 1. The number of ether oxygens (including phenoxy) is 2. The number of nitrogens with zero attached hydrogens (tertiary/aromatic N) is 2. The maximum atomic E-state index is 10.7. The maximum absolute atomic E-state index is 10.7. The molecule has 0 saturated carbocycles. The minimum atomic E-state index is -0.497. The zero-order valence-electron chi connectivity index (χ0n) is 9.87. The Morgan fingerprint density at radius 2 is 2.11 bits per heavy atom. The Labute approximate surface area is 117 Å². The zero-order valence-corrected chi connectivity index (χ0v) is 11.5. The number of nitro groups is 1. The van der Waals surface area contributed by atoms with Crippen LogP contribution in [0.1, 0.15) is 0 Å². The molecule has 0 saturated heterocycles. The molecule has 6 nitrogen and oxygen atoms in total. The molecular weight excluding hydrogens is 316 g/mol. The molecule has 0 aliphatic carbocycles. The lowest BCUT2D eigenvalue weighted by molar-refractivity contribution is -0.384. The summed E-state index contributed by atoms with van der Waals surface area (Å²) in [6, 6.07) is 7.64. The van der Waals surface area contributed by atoms with E-state index < -0.39 is 4.92 Å². The molecule has 2 rings (SSSR count). The van der Waals surface area contributed by atoms with E-state index in [-0.39, 0.29) is 11.4 Å². The molecule has 0 aliphatic rings. The van der Waals surface area contributed by atoms with E-state index in [4.69, 9.17) is 9.47 Å². The summed E-state index contributed by atoms with van der Waals surface area (Å²) in [5, 5.41) is 10.7. The van der Waals surface area contributed by atoms with Gasteiger partial charge in [0.15, 0.2) is 11.5 Å². The van der Waals surface area contributed by atoms with E-state index in [1.165, 1.54) is 25.3 Å². The van der Waals surface area contributed by atoms with Crippen LogP contribution in [0.3, 0.4) is 0 Å². The van der Waals surface area contributed by atoms with Crippen molar-refractivity contribution in [1.82, 2.24) is 4.98 Å². The Morgan fingerprint density at radius 3 is 2.74 bits per heavy atom. The lowest BCUT2D eigenvalue weighted by Gasteiger charge is -2.10. The number of pyridine rings is 1. The van der Waals surface area contributed by atoms with Gasteiger partial charge in [-0.1, -0.05) is 0 Å². The van der Waals surface area contributed by atoms with Crippen LogP contribution in [0.4, 0.5) is 5.69 Å². The topological polar surface area (TPSA) is 74.5 Å². The Morgan fingerprint density at radius 1 is 1.32 bits per heavy atom. The highest BCUT2D eigenvalue weighted by atomic mass is 79.9. The molecule has 0 amide bonds. The van der Waals surface area contributed by atoms with Gasteiger partial charge < -0.3 is 9.47 Å². The van der Waals surface area contributed by atoms with E-state index in [1.54, 1.807) is 18.3 Å². The Hall–Kier alpha value is -2.15. The highest BCUT2D eigenvalue weighted by Crippen LogP contribution is 2.35. The third kappa shape index (κ3) is 3.00. The van der Waals surface area contributed by atoms with Crippen molar-refractivity contribution in [1.29, 1.82) is 0 Å². The van der Waals surface area contributed by atoms with E-state index in [0.717, 1.165) is 0 Å². The molecule has 98 valence electrons. The fourth-order valence-electron chi connectivity index (χ4n) is 1.40. The Bertz CT molecular complexity index is 618. The molecule has 0 atom stereocenters. The number of benzene rings is 1. The fraction of sp³-hybridized carbons (Fsp3) is 0.0833. The standard InChI is InChI=1S/C12H9BrN2O4/c1-18-11-7-8(15(16)17)4-5-10(11)19-12-9(13)3-2-6-14-12/h2-7H,1H3. The van der Waals surface area contributed by atoms with E-state index in [9.17, 15) is 10.1 Å². The Balaban J connectivity index is 2.35. The summed E-state index contributed by atoms with van der Waals surface area (Å²) < 4.78 is 11.3. The first-order valence-electron chi connectivity index (χ1n) is 5.22. The van der Waals surface area contributed by atoms with Gasteiger partial charge in [0.2, 0.25) is 5.88 Å². The molecule has 0 bridgehead atoms. The Kier molecular flexibility index (Phi) is 3.96. The second-order valence-electron chi connectivity index (χ2n) is 3.48. The molecule has 0 unspecified atom stereocenters. The highest BCUT2D eigenvalue weighted by molar-refractivity contribution is 9.10. The van der Waals surface area contributed by atoms with Crippen molar-refractivity contribution in [3.8, 4) is 17.4 Å². The van der Waals surface area contributed by atoms with Crippen molar-refractivity contribution in [2.45, 2.75) is 0 Å². The van der Waals surface area contributed by atoms with E-state index >= 15 is 0 Å². The SMILES string of the molecule is COc1cc([N+](=O)[O-])ccc1Oc1ncccc1Br. The molecule has 7 heteroatoms. The lowest BCUT2D eigenvalue weighted by atomic mass is 10.3. The second-order valence-corrected chi connectivity index (χ2v) is 4.34. The van der Waals surface area contributed by atoms with Gasteiger partial charge in [0, 0.05) is 12.3 Å². The second kappa shape index (κ2) is 5.66. The van der Waals surface area contributed by atoms with Crippen LogP contribution < -0.4 is 9.47 Å². The zero-order chi connectivity index (χ0) is 13.8. The summed E-state index contributed by atoms with van der Waals surface area (Å²) in [5.41, 5.74) is -0.0655. The predicted molar refractivity (Wildman–Crippen MR) is 71.7 cm³/mol. The average Bonchev–Trinajstić information content (AvgIpc) is 2.41. The van der Waals surface area contributed by atoms with Crippen LogP contribution >= 0.6 is 15.9 Å². The highest BCUT2D eigenvalue weighted by Gasteiger charge is 2.14. The van der Waals surface area contributed by atoms with E-state index in [2.05, 4.69) is 20.9 Å². The maximum Gasteiger partial charge on any atom is 0.273 e.